The molecule has 5 nitrogen and oxygen atoms in total. The van der Waals surface area contributed by atoms with E-state index in [-0.39, 0.29) is 0 Å². The van der Waals surface area contributed by atoms with Crippen molar-refractivity contribution in [2.24, 2.45) is 5.10 Å². The van der Waals surface area contributed by atoms with E-state index in [9.17, 15) is 9.59 Å². The standard InChI is InChI=1S/C19H13Cl2N3O2/c20-15-8-4-9-16(21)14(15)11-22-24-19(26)18(25)23-17-10-3-6-12-5-1-2-7-13(12)17/h1-11H,(H,23,25)(H,24,26). The van der Waals surface area contributed by atoms with E-state index in [0.717, 1.165) is 10.8 Å². The summed E-state index contributed by atoms with van der Waals surface area (Å²) >= 11 is 12.0. The Bertz CT molecular complexity index is 993. The Morgan fingerprint density at radius 2 is 1.50 bits per heavy atom. The number of hydrogen-bond donors (Lipinski definition) is 2. The fourth-order valence-electron chi connectivity index (χ4n) is 2.35. The molecule has 2 N–H and O–H groups in total. The fraction of sp³-hybridized carbons (Fsp3) is 0. The summed E-state index contributed by atoms with van der Waals surface area (Å²) in [6.07, 6.45) is 1.29. The van der Waals surface area contributed by atoms with Crippen molar-refractivity contribution < 1.29 is 9.59 Å². The topological polar surface area (TPSA) is 70.6 Å². The number of nitrogens with one attached hydrogen (secondary N) is 2. The van der Waals surface area contributed by atoms with Crippen LogP contribution in [-0.4, -0.2) is 18.0 Å². The summed E-state index contributed by atoms with van der Waals surface area (Å²) in [5.41, 5.74) is 3.15. The first-order valence-corrected chi connectivity index (χ1v) is 8.38. The summed E-state index contributed by atoms with van der Waals surface area (Å²) in [5, 5.41) is 8.87. The molecule has 3 aromatic carbocycles. The highest BCUT2D eigenvalue weighted by Crippen LogP contribution is 2.23. The van der Waals surface area contributed by atoms with Crippen molar-refractivity contribution in [2.45, 2.75) is 0 Å². The van der Waals surface area contributed by atoms with Gasteiger partial charge in [-0.25, -0.2) is 5.43 Å². The number of hydrazone groups is 1. The van der Waals surface area contributed by atoms with E-state index in [1.165, 1.54) is 6.21 Å². The van der Waals surface area contributed by atoms with Crippen molar-refractivity contribution in [3.63, 3.8) is 0 Å². The van der Waals surface area contributed by atoms with Gasteiger partial charge in [0.05, 0.1) is 16.3 Å². The van der Waals surface area contributed by atoms with Crippen LogP contribution >= 0.6 is 23.2 Å². The van der Waals surface area contributed by atoms with Crippen LogP contribution in [0.4, 0.5) is 5.69 Å². The molecule has 0 saturated carbocycles. The minimum Gasteiger partial charge on any atom is -0.317 e. The molecule has 0 heterocycles. The molecule has 7 heteroatoms. The van der Waals surface area contributed by atoms with Gasteiger partial charge >= 0.3 is 11.8 Å². The minimum atomic E-state index is -0.905. The zero-order valence-corrected chi connectivity index (χ0v) is 14.9. The van der Waals surface area contributed by atoms with Crippen molar-refractivity contribution in [2.75, 3.05) is 5.32 Å². The first-order chi connectivity index (χ1) is 12.6. The van der Waals surface area contributed by atoms with Crippen molar-refractivity contribution in [1.29, 1.82) is 0 Å². The first kappa shape index (κ1) is 17.9. The van der Waals surface area contributed by atoms with Gasteiger partial charge in [0.15, 0.2) is 0 Å². The second-order valence-corrected chi connectivity index (χ2v) is 6.13. The van der Waals surface area contributed by atoms with E-state index in [1.807, 2.05) is 30.3 Å². The maximum atomic E-state index is 12.1. The summed E-state index contributed by atoms with van der Waals surface area (Å²) in [7, 11) is 0. The number of amides is 2. The minimum absolute atomic E-state index is 0.385. The number of benzene rings is 3. The second-order valence-electron chi connectivity index (χ2n) is 5.32. The third kappa shape index (κ3) is 4.02. The third-order valence-corrected chi connectivity index (χ3v) is 4.26. The van der Waals surface area contributed by atoms with Gasteiger partial charge in [-0.1, -0.05) is 65.7 Å². The van der Waals surface area contributed by atoms with Crippen LogP contribution in [-0.2, 0) is 9.59 Å². The lowest BCUT2D eigenvalue weighted by Crippen LogP contribution is -2.32. The highest BCUT2D eigenvalue weighted by atomic mass is 35.5. The molecule has 0 aliphatic rings. The molecule has 0 aliphatic carbocycles. The Labute approximate surface area is 159 Å². The maximum absolute atomic E-state index is 12.1. The number of fused-ring (bicyclic) bond motifs is 1. The van der Waals surface area contributed by atoms with Gasteiger partial charge in [-0.3, -0.25) is 9.59 Å². The van der Waals surface area contributed by atoms with Gasteiger partial charge in [-0.15, -0.1) is 0 Å². The largest absolute Gasteiger partial charge is 0.329 e. The average molecular weight is 386 g/mol. The zero-order valence-electron chi connectivity index (χ0n) is 13.4. The summed E-state index contributed by atoms with van der Waals surface area (Å²) in [6, 6.07) is 18.0. The van der Waals surface area contributed by atoms with E-state index < -0.39 is 11.8 Å². The number of carbonyl (C=O) groups excluding carboxylic acids is 2. The van der Waals surface area contributed by atoms with Gasteiger partial charge in [0.2, 0.25) is 0 Å². The SMILES string of the molecule is O=C(NN=Cc1c(Cl)cccc1Cl)C(=O)Nc1cccc2ccccc12. The molecule has 0 radical (unpaired) electrons. The lowest BCUT2D eigenvalue weighted by atomic mass is 10.1. The highest BCUT2D eigenvalue weighted by molar-refractivity contribution is 6.40. The highest BCUT2D eigenvalue weighted by Gasteiger charge is 2.14. The fourth-order valence-corrected chi connectivity index (χ4v) is 2.85. The predicted octanol–water partition coefficient (Wildman–Crippen LogP) is 4.24. The van der Waals surface area contributed by atoms with E-state index in [4.69, 9.17) is 23.2 Å². The van der Waals surface area contributed by atoms with Gasteiger partial charge in [0, 0.05) is 16.6 Å². The number of hydrogen-bond acceptors (Lipinski definition) is 3. The summed E-state index contributed by atoms with van der Waals surface area (Å²) in [6.45, 7) is 0. The van der Waals surface area contributed by atoms with Crippen LogP contribution in [0.25, 0.3) is 10.8 Å². The Morgan fingerprint density at radius 1 is 0.846 bits per heavy atom. The smallest absolute Gasteiger partial charge is 0.317 e. The van der Waals surface area contributed by atoms with E-state index in [0.29, 0.717) is 21.3 Å². The van der Waals surface area contributed by atoms with Crippen LogP contribution in [0.5, 0.6) is 0 Å². The zero-order chi connectivity index (χ0) is 18.5. The quantitative estimate of drug-likeness (QED) is 0.402. The maximum Gasteiger partial charge on any atom is 0.329 e. The van der Waals surface area contributed by atoms with Gasteiger partial charge in [-0.05, 0) is 23.6 Å². The average Bonchev–Trinajstić information content (AvgIpc) is 2.64. The van der Waals surface area contributed by atoms with Crippen molar-refractivity contribution in [1.82, 2.24) is 5.43 Å². The van der Waals surface area contributed by atoms with E-state index in [1.54, 1.807) is 30.3 Å². The van der Waals surface area contributed by atoms with Crippen LogP contribution in [0.15, 0.2) is 65.8 Å². The summed E-state index contributed by atoms with van der Waals surface area (Å²) in [4.78, 5) is 24.0. The Hall–Kier alpha value is -2.89. The molecule has 0 aliphatic heterocycles. The molecule has 2 amide bonds. The summed E-state index contributed by atoms with van der Waals surface area (Å²) < 4.78 is 0. The molecule has 3 rings (SSSR count). The van der Waals surface area contributed by atoms with E-state index in [2.05, 4.69) is 15.8 Å². The lowest BCUT2D eigenvalue weighted by Gasteiger charge is -2.07. The van der Waals surface area contributed by atoms with Gasteiger partial charge in [0.1, 0.15) is 0 Å². The molecule has 0 bridgehead atoms. The van der Waals surface area contributed by atoms with Crippen LogP contribution in [0.2, 0.25) is 10.0 Å². The number of anilines is 1. The van der Waals surface area contributed by atoms with E-state index >= 15 is 0 Å². The molecule has 130 valence electrons. The molecule has 0 unspecified atom stereocenters. The Balaban J connectivity index is 1.68. The van der Waals surface area contributed by atoms with Crippen LogP contribution < -0.4 is 10.7 Å². The first-order valence-electron chi connectivity index (χ1n) is 7.62. The van der Waals surface area contributed by atoms with Crippen molar-refractivity contribution in [3.8, 4) is 0 Å². The van der Waals surface area contributed by atoms with Crippen LogP contribution in [0.1, 0.15) is 5.56 Å². The van der Waals surface area contributed by atoms with Gasteiger partial charge in [0.25, 0.3) is 0 Å². The van der Waals surface area contributed by atoms with Gasteiger partial charge < -0.3 is 5.32 Å². The lowest BCUT2D eigenvalue weighted by molar-refractivity contribution is -0.136. The van der Waals surface area contributed by atoms with Crippen molar-refractivity contribution in [3.05, 3.63) is 76.3 Å². The molecule has 26 heavy (non-hydrogen) atoms. The summed E-state index contributed by atoms with van der Waals surface area (Å²) in [5.74, 6) is -1.74. The van der Waals surface area contributed by atoms with Gasteiger partial charge in [-0.2, -0.15) is 5.10 Å². The molecule has 0 fully saturated rings. The molecular formula is C19H13Cl2N3O2. The number of rotatable bonds is 3. The molecule has 0 atom stereocenters. The second kappa shape index (κ2) is 7.99. The molecule has 3 aromatic rings. The van der Waals surface area contributed by atoms with Crippen molar-refractivity contribution >= 4 is 57.7 Å². The number of halogens is 2. The number of nitrogens with zero attached hydrogens (tertiary/aromatic N) is 1. The number of carbonyl (C=O) groups is 2. The van der Waals surface area contributed by atoms with Crippen LogP contribution in [0, 0.1) is 0 Å². The molecule has 0 aromatic heterocycles. The molecule has 0 saturated heterocycles. The monoisotopic (exact) mass is 385 g/mol. The predicted molar refractivity (Wildman–Crippen MR) is 105 cm³/mol. The Kier molecular flexibility index (Phi) is 5.51. The third-order valence-electron chi connectivity index (χ3n) is 3.60. The molecular weight excluding hydrogens is 373 g/mol. The normalized spacial score (nSPS) is 10.8. The Morgan fingerprint density at radius 3 is 2.27 bits per heavy atom. The van der Waals surface area contributed by atoms with Crippen LogP contribution in [0.3, 0.4) is 0 Å². The molecule has 0 spiro atoms.